The number of aryl methyl sites for hydroxylation is 1. The van der Waals surface area contributed by atoms with Crippen LogP contribution >= 0.6 is 0 Å². The van der Waals surface area contributed by atoms with Gasteiger partial charge < -0.3 is 0 Å². The Labute approximate surface area is 118 Å². The number of hydrogen-bond donors (Lipinski definition) is 0. The molecule has 0 unspecified atom stereocenters. The van der Waals surface area contributed by atoms with Crippen LogP contribution in [0.3, 0.4) is 0 Å². The lowest BCUT2D eigenvalue weighted by atomic mass is 10.0. The van der Waals surface area contributed by atoms with Gasteiger partial charge in [0, 0.05) is 6.07 Å². The Bertz CT molecular complexity index is 548. The van der Waals surface area contributed by atoms with E-state index in [0.717, 1.165) is 18.1 Å². The number of benzene rings is 2. The van der Waals surface area contributed by atoms with Crippen molar-refractivity contribution in [3.8, 4) is 0 Å². The fourth-order valence-electron chi connectivity index (χ4n) is 1.75. The molecule has 0 fully saturated rings. The summed E-state index contributed by atoms with van der Waals surface area (Å²) in [6.07, 6.45) is 0.771. The van der Waals surface area contributed by atoms with E-state index in [-0.39, 0.29) is 11.7 Å². The highest BCUT2D eigenvalue weighted by Gasteiger charge is 2.06. The number of hydrogen-bond acceptors (Lipinski definition) is 0. The van der Waals surface area contributed by atoms with Crippen LogP contribution in [0.1, 0.15) is 37.8 Å². The van der Waals surface area contributed by atoms with Gasteiger partial charge in [0.1, 0.15) is 17.5 Å². The Kier molecular flexibility index (Phi) is 6.29. The Morgan fingerprint density at radius 1 is 0.900 bits per heavy atom. The second kappa shape index (κ2) is 7.73. The van der Waals surface area contributed by atoms with Gasteiger partial charge in [0.15, 0.2) is 0 Å². The molecule has 0 aromatic heterocycles. The van der Waals surface area contributed by atoms with Crippen molar-refractivity contribution in [2.45, 2.75) is 33.1 Å². The molecule has 0 radical (unpaired) electrons. The van der Waals surface area contributed by atoms with Crippen molar-refractivity contribution in [2.75, 3.05) is 0 Å². The molecule has 0 aliphatic carbocycles. The summed E-state index contributed by atoms with van der Waals surface area (Å²) < 4.78 is 37.8. The van der Waals surface area contributed by atoms with E-state index in [1.54, 1.807) is 12.1 Å². The lowest BCUT2D eigenvalue weighted by Gasteiger charge is -2.05. The second-order valence-corrected chi connectivity index (χ2v) is 4.77. The van der Waals surface area contributed by atoms with Gasteiger partial charge in [-0.1, -0.05) is 45.0 Å². The Morgan fingerprint density at radius 2 is 1.55 bits per heavy atom. The lowest BCUT2D eigenvalue weighted by Crippen LogP contribution is -1.92. The van der Waals surface area contributed by atoms with Crippen molar-refractivity contribution in [2.24, 2.45) is 0 Å². The van der Waals surface area contributed by atoms with Gasteiger partial charge in [-0.25, -0.2) is 13.2 Å². The first-order valence-corrected chi connectivity index (χ1v) is 6.64. The standard InChI is InChI=1S/C9H10F2.C8H9F/c1-6(2)8-4-3-7(10)5-9(8)11;1-2-7-5-3-4-6-8(7)9/h3-6H,1-2H3;3-6H,2H2,1H3. The van der Waals surface area contributed by atoms with Crippen molar-refractivity contribution in [3.05, 3.63) is 71.0 Å². The molecule has 0 saturated heterocycles. The van der Waals surface area contributed by atoms with Crippen molar-refractivity contribution in [1.29, 1.82) is 0 Å². The predicted octanol–water partition coefficient (Wildman–Crippen LogP) is 5.48. The maximum atomic E-state index is 12.9. The minimum Gasteiger partial charge on any atom is -0.207 e. The Balaban J connectivity index is 0.000000204. The van der Waals surface area contributed by atoms with Crippen molar-refractivity contribution in [3.63, 3.8) is 0 Å². The zero-order valence-corrected chi connectivity index (χ0v) is 12.0. The zero-order valence-electron chi connectivity index (χ0n) is 12.0. The fraction of sp³-hybridized carbons (Fsp3) is 0.294. The van der Waals surface area contributed by atoms with Gasteiger partial charge in [-0.3, -0.25) is 0 Å². The molecule has 20 heavy (non-hydrogen) atoms. The second-order valence-electron chi connectivity index (χ2n) is 4.77. The fourth-order valence-corrected chi connectivity index (χ4v) is 1.75. The van der Waals surface area contributed by atoms with Gasteiger partial charge in [-0.2, -0.15) is 0 Å². The van der Waals surface area contributed by atoms with E-state index >= 15 is 0 Å². The maximum absolute atomic E-state index is 12.9. The summed E-state index contributed by atoms with van der Waals surface area (Å²) in [5.74, 6) is -0.970. The first-order chi connectivity index (χ1) is 9.45. The van der Waals surface area contributed by atoms with Crippen molar-refractivity contribution >= 4 is 0 Å². The molecule has 0 bridgehead atoms. The molecule has 2 aromatic carbocycles. The van der Waals surface area contributed by atoms with Crippen LogP contribution in [0.2, 0.25) is 0 Å². The first-order valence-electron chi connectivity index (χ1n) is 6.64. The number of halogens is 3. The Morgan fingerprint density at radius 3 is 2.00 bits per heavy atom. The Hall–Kier alpha value is -1.77. The van der Waals surface area contributed by atoms with E-state index < -0.39 is 11.6 Å². The predicted molar refractivity (Wildman–Crippen MR) is 76.2 cm³/mol. The summed E-state index contributed by atoms with van der Waals surface area (Å²) in [5.41, 5.74) is 1.35. The normalized spacial score (nSPS) is 10.2. The van der Waals surface area contributed by atoms with Gasteiger partial charge in [0.2, 0.25) is 0 Å². The monoisotopic (exact) mass is 280 g/mol. The van der Waals surface area contributed by atoms with Crippen LogP contribution in [-0.4, -0.2) is 0 Å². The molecule has 0 aliphatic heterocycles. The highest BCUT2D eigenvalue weighted by Crippen LogP contribution is 2.18. The van der Waals surface area contributed by atoms with Gasteiger partial charge in [0.25, 0.3) is 0 Å². The third-order valence-electron chi connectivity index (χ3n) is 2.92. The summed E-state index contributed by atoms with van der Waals surface area (Å²) in [6.45, 7) is 5.69. The average Bonchev–Trinajstić information content (AvgIpc) is 2.39. The molecule has 0 amide bonds. The molecule has 0 N–H and O–H groups in total. The quantitative estimate of drug-likeness (QED) is 0.683. The molecule has 0 heterocycles. The first kappa shape index (κ1) is 16.3. The maximum Gasteiger partial charge on any atom is 0.129 e. The lowest BCUT2D eigenvalue weighted by molar-refractivity contribution is 0.565. The van der Waals surface area contributed by atoms with E-state index in [1.807, 2.05) is 26.8 Å². The molecule has 0 aliphatic rings. The van der Waals surface area contributed by atoms with Crippen molar-refractivity contribution in [1.82, 2.24) is 0 Å². The third-order valence-corrected chi connectivity index (χ3v) is 2.92. The van der Waals surface area contributed by atoms with Gasteiger partial charge >= 0.3 is 0 Å². The van der Waals surface area contributed by atoms with Gasteiger partial charge in [0.05, 0.1) is 0 Å². The largest absolute Gasteiger partial charge is 0.207 e. The van der Waals surface area contributed by atoms with Crippen LogP contribution in [0.5, 0.6) is 0 Å². The molecular weight excluding hydrogens is 261 g/mol. The van der Waals surface area contributed by atoms with Gasteiger partial charge in [-0.05, 0) is 35.6 Å². The summed E-state index contributed by atoms with van der Waals surface area (Å²) in [6, 6.07) is 10.5. The number of rotatable bonds is 2. The van der Waals surface area contributed by atoms with E-state index in [2.05, 4.69) is 0 Å². The summed E-state index contributed by atoms with van der Waals surface area (Å²) in [7, 11) is 0. The minimum atomic E-state index is -0.521. The molecular formula is C17H19F3. The molecule has 108 valence electrons. The molecule has 0 atom stereocenters. The molecule has 0 spiro atoms. The van der Waals surface area contributed by atoms with Crippen LogP contribution < -0.4 is 0 Å². The molecule has 3 heteroatoms. The van der Waals surface area contributed by atoms with E-state index in [1.165, 1.54) is 18.2 Å². The van der Waals surface area contributed by atoms with Crippen LogP contribution in [0.25, 0.3) is 0 Å². The molecule has 2 aromatic rings. The third kappa shape index (κ3) is 4.72. The van der Waals surface area contributed by atoms with Crippen LogP contribution in [0.15, 0.2) is 42.5 Å². The smallest absolute Gasteiger partial charge is 0.129 e. The SMILES string of the molecule is CC(C)c1ccc(F)cc1F.CCc1ccccc1F. The zero-order chi connectivity index (χ0) is 15.1. The van der Waals surface area contributed by atoms with Crippen molar-refractivity contribution < 1.29 is 13.2 Å². The highest BCUT2D eigenvalue weighted by molar-refractivity contribution is 5.21. The van der Waals surface area contributed by atoms with E-state index in [0.29, 0.717) is 5.56 Å². The average molecular weight is 280 g/mol. The highest BCUT2D eigenvalue weighted by atomic mass is 19.1. The topological polar surface area (TPSA) is 0 Å². The minimum absolute atomic E-state index is 0.0972. The molecule has 0 saturated carbocycles. The summed E-state index contributed by atoms with van der Waals surface area (Å²) >= 11 is 0. The van der Waals surface area contributed by atoms with E-state index in [9.17, 15) is 13.2 Å². The summed E-state index contributed by atoms with van der Waals surface area (Å²) in [4.78, 5) is 0. The van der Waals surface area contributed by atoms with Crippen LogP contribution in [-0.2, 0) is 6.42 Å². The summed E-state index contributed by atoms with van der Waals surface area (Å²) in [5, 5.41) is 0. The molecule has 2 rings (SSSR count). The van der Waals surface area contributed by atoms with E-state index in [4.69, 9.17) is 0 Å². The van der Waals surface area contributed by atoms with Crippen LogP contribution in [0.4, 0.5) is 13.2 Å². The molecule has 0 nitrogen and oxygen atoms in total. The van der Waals surface area contributed by atoms with Crippen LogP contribution in [0, 0.1) is 17.5 Å². The van der Waals surface area contributed by atoms with Gasteiger partial charge in [-0.15, -0.1) is 0 Å².